The lowest BCUT2D eigenvalue weighted by Crippen LogP contribution is -2.31. The van der Waals surface area contributed by atoms with Crippen molar-refractivity contribution >= 4 is 34.7 Å². The molecule has 3 rings (SSSR count). The Morgan fingerprint density at radius 1 is 1.00 bits per heavy atom. The summed E-state index contributed by atoms with van der Waals surface area (Å²) < 4.78 is 0. The number of nitrogens with zero attached hydrogens (tertiary/aromatic N) is 1. The van der Waals surface area contributed by atoms with Crippen LogP contribution in [0.3, 0.4) is 0 Å². The van der Waals surface area contributed by atoms with Gasteiger partial charge in [0.05, 0.1) is 17.7 Å². The molecule has 2 N–H and O–H groups in total. The smallest absolute Gasteiger partial charge is 0.174 e. The first-order chi connectivity index (χ1) is 13.0. The van der Waals surface area contributed by atoms with E-state index in [-0.39, 0.29) is 5.71 Å². The number of aliphatic hydroxyl groups excluding tert-OH is 1. The Hall–Kier alpha value is -2.53. The molecule has 2 atom stereocenters. The molecule has 0 aliphatic rings. The zero-order valence-corrected chi connectivity index (χ0v) is 15.7. The number of pyridine rings is 1. The zero-order chi connectivity index (χ0) is 19.4. The van der Waals surface area contributed by atoms with Gasteiger partial charge in [-0.3, -0.25) is 9.78 Å². The quantitative estimate of drug-likeness (QED) is 0.453. The highest BCUT2D eigenvalue weighted by Gasteiger charge is 2.34. The molecule has 1 heterocycles. The number of nitrogens with one attached hydrogen (secondary N) is 1. The summed E-state index contributed by atoms with van der Waals surface area (Å²) >= 11 is 12.1. The Morgan fingerprint density at radius 2 is 1.70 bits per heavy atom. The molecule has 0 spiro atoms. The standard InChI is InChI=1S/C21H16Cl2N2O2/c22-15-9-7-13(8-10-15)20(26)18(21(27)14-4-3-11-25-12-14)19(24)16-5-1-2-6-17(16)23/h1-12,18,21,24,27H. The molecule has 2 unspecified atom stereocenters. The van der Waals surface area contributed by atoms with Crippen molar-refractivity contribution in [3.63, 3.8) is 0 Å². The molecule has 3 aromatic rings. The lowest BCUT2D eigenvalue weighted by atomic mass is 9.83. The number of halogens is 2. The fraction of sp³-hybridized carbons (Fsp3) is 0.0952. The van der Waals surface area contributed by atoms with Gasteiger partial charge in [0, 0.05) is 33.6 Å². The molecule has 136 valence electrons. The van der Waals surface area contributed by atoms with Gasteiger partial charge in [0.1, 0.15) is 0 Å². The second kappa shape index (κ2) is 8.44. The van der Waals surface area contributed by atoms with Gasteiger partial charge in [-0.1, -0.05) is 47.5 Å². The number of rotatable bonds is 6. The monoisotopic (exact) mass is 398 g/mol. The molecular formula is C21H16Cl2N2O2. The van der Waals surface area contributed by atoms with Crippen molar-refractivity contribution in [3.05, 3.63) is 99.8 Å². The van der Waals surface area contributed by atoms with Crippen LogP contribution < -0.4 is 0 Å². The lowest BCUT2D eigenvalue weighted by Gasteiger charge is -2.23. The van der Waals surface area contributed by atoms with E-state index in [2.05, 4.69) is 4.98 Å². The summed E-state index contributed by atoms with van der Waals surface area (Å²) in [6.45, 7) is 0. The van der Waals surface area contributed by atoms with Crippen LogP contribution >= 0.6 is 23.2 Å². The van der Waals surface area contributed by atoms with E-state index in [1.165, 1.54) is 6.20 Å². The molecule has 2 aromatic carbocycles. The summed E-state index contributed by atoms with van der Waals surface area (Å²) in [5.74, 6) is -1.54. The van der Waals surface area contributed by atoms with Gasteiger partial charge in [-0.15, -0.1) is 0 Å². The summed E-state index contributed by atoms with van der Waals surface area (Å²) in [7, 11) is 0. The van der Waals surface area contributed by atoms with Crippen molar-refractivity contribution in [3.8, 4) is 0 Å². The molecule has 0 aliphatic heterocycles. The van der Waals surface area contributed by atoms with Crippen molar-refractivity contribution < 1.29 is 9.90 Å². The van der Waals surface area contributed by atoms with Gasteiger partial charge in [-0.05, 0) is 42.0 Å². The van der Waals surface area contributed by atoms with E-state index in [0.717, 1.165) is 0 Å². The number of hydrogen-bond donors (Lipinski definition) is 2. The maximum atomic E-state index is 13.2. The van der Waals surface area contributed by atoms with Gasteiger partial charge >= 0.3 is 0 Å². The first kappa shape index (κ1) is 19.2. The average molecular weight is 399 g/mol. The van der Waals surface area contributed by atoms with E-state index in [4.69, 9.17) is 28.6 Å². The number of aromatic nitrogens is 1. The van der Waals surface area contributed by atoms with Crippen molar-refractivity contribution in [2.24, 2.45) is 5.92 Å². The number of aliphatic hydroxyl groups is 1. The molecule has 0 amide bonds. The summed E-state index contributed by atoms with van der Waals surface area (Å²) in [6.07, 6.45) is 1.81. The number of ketones is 1. The van der Waals surface area contributed by atoms with Crippen LogP contribution in [0.1, 0.15) is 27.6 Å². The fourth-order valence-electron chi connectivity index (χ4n) is 2.82. The predicted molar refractivity (Wildman–Crippen MR) is 107 cm³/mol. The molecule has 0 aliphatic carbocycles. The third kappa shape index (κ3) is 4.25. The van der Waals surface area contributed by atoms with Crippen LogP contribution in [0, 0.1) is 11.3 Å². The van der Waals surface area contributed by atoms with E-state index in [1.54, 1.807) is 66.9 Å². The molecule has 0 saturated heterocycles. The minimum absolute atomic E-state index is 0.0584. The Kier molecular flexibility index (Phi) is 6.01. The third-order valence-electron chi connectivity index (χ3n) is 4.23. The SMILES string of the molecule is N=C(c1ccccc1Cl)C(C(=O)c1ccc(Cl)cc1)C(O)c1cccnc1. The molecular weight excluding hydrogens is 383 g/mol. The number of benzene rings is 2. The second-order valence-electron chi connectivity index (χ2n) is 5.97. The Bertz CT molecular complexity index is 959. The largest absolute Gasteiger partial charge is 0.387 e. The predicted octanol–water partition coefficient (Wildman–Crippen LogP) is 4.99. The average Bonchev–Trinajstić information content (AvgIpc) is 2.69. The summed E-state index contributed by atoms with van der Waals surface area (Å²) in [5, 5.41) is 20.4. The summed E-state index contributed by atoms with van der Waals surface area (Å²) in [4.78, 5) is 17.2. The van der Waals surface area contributed by atoms with Crippen molar-refractivity contribution in [1.29, 1.82) is 5.41 Å². The second-order valence-corrected chi connectivity index (χ2v) is 6.82. The highest BCUT2D eigenvalue weighted by atomic mass is 35.5. The number of carbonyl (C=O) groups excluding carboxylic acids is 1. The van der Waals surface area contributed by atoms with Crippen LogP contribution in [0.2, 0.25) is 10.0 Å². The summed E-state index contributed by atoms with van der Waals surface area (Å²) in [5.41, 5.74) is 1.14. The van der Waals surface area contributed by atoms with Gasteiger partial charge < -0.3 is 10.5 Å². The lowest BCUT2D eigenvalue weighted by molar-refractivity contribution is 0.0793. The van der Waals surface area contributed by atoms with Gasteiger partial charge in [0.15, 0.2) is 5.78 Å². The first-order valence-corrected chi connectivity index (χ1v) is 8.95. The molecule has 6 heteroatoms. The molecule has 4 nitrogen and oxygen atoms in total. The molecule has 27 heavy (non-hydrogen) atoms. The van der Waals surface area contributed by atoms with Crippen molar-refractivity contribution in [2.75, 3.05) is 0 Å². The van der Waals surface area contributed by atoms with Crippen LogP contribution in [0.4, 0.5) is 0 Å². The van der Waals surface area contributed by atoms with Crippen LogP contribution in [-0.4, -0.2) is 21.6 Å². The summed E-state index contributed by atoms with van der Waals surface area (Å²) in [6, 6.07) is 16.5. The minimum atomic E-state index is -1.24. The van der Waals surface area contributed by atoms with Crippen LogP contribution in [-0.2, 0) is 0 Å². The van der Waals surface area contributed by atoms with Crippen molar-refractivity contribution in [1.82, 2.24) is 4.98 Å². The highest BCUT2D eigenvalue weighted by Crippen LogP contribution is 2.30. The molecule has 0 saturated carbocycles. The van der Waals surface area contributed by atoms with Gasteiger partial charge in [-0.2, -0.15) is 0 Å². The number of hydrogen-bond acceptors (Lipinski definition) is 4. The van der Waals surface area contributed by atoms with Crippen LogP contribution in [0.25, 0.3) is 0 Å². The normalized spacial score (nSPS) is 13.0. The van der Waals surface area contributed by atoms with Gasteiger partial charge in [0.2, 0.25) is 0 Å². The molecule has 0 fully saturated rings. The van der Waals surface area contributed by atoms with E-state index in [0.29, 0.717) is 26.7 Å². The van der Waals surface area contributed by atoms with Crippen molar-refractivity contribution in [2.45, 2.75) is 6.10 Å². The topological polar surface area (TPSA) is 74.0 Å². The van der Waals surface area contributed by atoms with E-state index < -0.39 is 17.8 Å². The third-order valence-corrected chi connectivity index (χ3v) is 4.81. The highest BCUT2D eigenvalue weighted by molar-refractivity contribution is 6.35. The van der Waals surface area contributed by atoms with Gasteiger partial charge in [-0.25, -0.2) is 0 Å². The maximum absolute atomic E-state index is 13.2. The molecule has 0 radical (unpaired) electrons. The Morgan fingerprint density at radius 3 is 2.33 bits per heavy atom. The first-order valence-electron chi connectivity index (χ1n) is 8.20. The van der Waals surface area contributed by atoms with E-state index >= 15 is 0 Å². The minimum Gasteiger partial charge on any atom is -0.387 e. The maximum Gasteiger partial charge on any atom is 0.174 e. The fourth-order valence-corrected chi connectivity index (χ4v) is 3.18. The zero-order valence-electron chi connectivity index (χ0n) is 14.1. The van der Waals surface area contributed by atoms with Gasteiger partial charge in [0.25, 0.3) is 0 Å². The number of carbonyl (C=O) groups is 1. The molecule has 1 aromatic heterocycles. The van der Waals surface area contributed by atoms with Crippen LogP contribution in [0.15, 0.2) is 73.1 Å². The Balaban J connectivity index is 2.06. The molecule has 0 bridgehead atoms. The van der Waals surface area contributed by atoms with Crippen LogP contribution in [0.5, 0.6) is 0 Å². The Labute approximate surface area is 166 Å². The van der Waals surface area contributed by atoms with E-state index in [9.17, 15) is 9.90 Å². The number of Topliss-reactive ketones (excluding diaryl/α,β-unsaturated/α-hetero) is 1. The van der Waals surface area contributed by atoms with E-state index in [1.807, 2.05) is 0 Å².